The van der Waals surface area contributed by atoms with Gasteiger partial charge in [0.1, 0.15) is 0 Å². The van der Waals surface area contributed by atoms with Crippen LogP contribution in [0.2, 0.25) is 15.1 Å². The molecule has 0 unspecified atom stereocenters. The fourth-order valence-electron chi connectivity index (χ4n) is 2.67. The Bertz CT molecular complexity index is 1030. The van der Waals surface area contributed by atoms with Crippen molar-refractivity contribution in [1.29, 1.82) is 0 Å². The van der Waals surface area contributed by atoms with Crippen LogP contribution in [-0.4, -0.2) is 27.4 Å². The normalized spacial score (nSPS) is 10.7. The van der Waals surface area contributed by atoms with E-state index in [1.54, 1.807) is 49.4 Å². The molecule has 0 saturated carbocycles. The van der Waals surface area contributed by atoms with Gasteiger partial charge in [0.25, 0.3) is 0 Å². The number of carbonyl (C=O) groups is 2. The Balaban J connectivity index is 2.32. The lowest BCUT2D eigenvalue weighted by atomic mass is 10.1. The molecule has 3 rings (SSSR count). The van der Waals surface area contributed by atoms with Crippen LogP contribution in [0.3, 0.4) is 0 Å². The fourth-order valence-corrected chi connectivity index (χ4v) is 3.29. The lowest BCUT2D eigenvalue weighted by molar-refractivity contribution is -0.107. The smallest absolute Gasteiger partial charge is 0.419 e. The third-order valence-corrected chi connectivity index (χ3v) is 4.68. The van der Waals surface area contributed by atoms with Crippen molar-refractivity contribution in [3.8, 4) is 16.9 Å². The minimum Gasteiger partial charge on any atom is -0.464 e. The van der Waals surface area contributed by atoms with Gasteiger partial charge in [-0.2, -0.15) is 4.90 Å². The fraction of sp³-hybridized carbons (Fsp3) is 0.0556. The van der Waals surface area contributed by atoms with E-state index in [1.165, 1.54) is 4.68 Å². The summed E-state index contributed by atoms with van der Waals surface area (Å²) in [6, 6.07) is 11.8. The van der Waals surface area contributed by atoms with Crippen LogP contribution in [0, 0.1) is 6.92 Å². The number of carboxylic acid groups (broad SMARTS) is 1. The van der Waals surface area contributed by atoms with E-state index in [1.807, 2.05) is 0 Å². The maximum Gasteiger partial charge on any atom is 0.419 e. The minimum atomic E-state index is -1.44. The Labute approximate surface area is 169 Å². The quantitative estimate of drug-likeness (QED) is 0.565. The van der Waals surface area contributed by atoms with Gasteiger partial charge in [-0.1, -0.05) is 46.9 Å². The van der Waals surface area contributed by atoms with E-state index >= 15 is 0 Å². The van der Waals surface area contributed by atoms with Crippen molar-refractivity contribution < 1.29 is 14.7 Å². The summed E-state index contributed by atoms with van der Waals surface area (Å²) < 4.78 is 1.48. The third-order valence-electron chi connectivity index (χ3n) is 3.89. The van der Waals surface area contributed by atoms with Crippen molar-refractivity contribution in [3.63, 3.8) is 0 Å². The predicted molar refractivity (Wildman–Crippen MR) is 105 cm³/mol. The Morgan fingerprint density at radius 2 is 1.74 bits per heavy atom. The molecule has 138 valence electrons. The number of imide groups is 1. The van der Waals surface area contributed by atoms with Crippen LogP contribution in [-0.2, 0) is 4.79 Å². The summed E-state index contributed by atoms with van der Waals surface area (Å²) in [6.07, 6.45) is -1.25. The molecule has 1 N–H and O–H groups in total. The molecule has 0 aliphatic heterocycles. The summed E-state index contributed by atoms with van der Waals surface area (Å²) in [7, 11) is 0. The molecule has 0 bridgehead atoms. The van der Waals surface area contributed by atoms with E-state index in [9.17, 15) is 14.7 Å². The number of aromatic nitrogens is 2. The standard InChI is InChI=1S/C18H12Cl3N3O3/c1-10-16(11-2-4-12(19)5-3-11)24(15-7-6-13(20)8-14(15)21)22-17(10)23(9-25)18(26)27/h2-9H,1H3,(H,26,27). The number of carbonyl (C=O) groups excluding carboxylic acids is 1. The van der Waals surface area contributed by atoms with Crippen molar-refractivity contribution in [2.45, 2.75) is 6.92 Å². The summed E-state index contributed by atoms with van der Waals surface area (Å²) in [6.45, 7) is 1.67. The highest BCUT2D eigenvalue weighted by Crippen LogP contribution is 2.35. The lowest BCUT2D eigenvalue weighted by Gasteiger charge is -2.10. The van der Waals surface area contributed by atoms with Crippen LogP contribution in [0.25, 0.3) is 16.9 Å². The zero-order chi connectivity index (χ0) is 19.7. The number of benzene rings is 2. The van der Waals surface area contributed by atoms with Gasteiger partial charge in [-0.15, -0.1) is 5.10 Å². The first-order valence-corrected chi connectivity index (χ1v) is 8.75. The number of hydrogen-bond donors (Lipinski definition) is 1. The van der Waals surface area contributed by atoms with Crippen LogP contribution in [0.4, 0.5) is 10.6 Å². The SMILES string of the molecule is Cc1c(N(C=O)C(=O)O)nn(-c2ccc(Cl)cc2Cl)c1-c1ccc(Cl)cc1. The van der Waals surface area contributed by atoms with Crippen LogP contribution in [0.15, 0.2) is 42.5 Å². The zero-order valence-electron chi connectivity index (χ0n) is 13.9. The van der Waals surface area contributed by atoms with Crippen LogP contribution in [0.5, 0.6) is 0 Å². The number of hydrogen-bond acceptors (Lipinski definition) is 3. The summed E-state index contributed by atoms with van der Waals surface area (Å²) >= 11 is 18.3. The van der Waals surface area contributed by atoms with Crippen molar-refractivity contribution in [3.05, 3.63) is 63.1 Å². The number of nitrogens with zero attached hydrogens (tertiary/aromatic N) is 3. The summed E-state index contributed by atoms with van der Waals surface area (Å²) in [5, 5.41) is 14.9. The molecule has 0 radical (unpaired) electrons. The first-order chi connectivity index (χ1) is 12.8. The Kier molecular flexibility index (Phi) is 5.41. The maximum atomic E-state index is 11.4. The van der Waals surface area contributed by atoms with Gasteiger partial charge >= 0.3 is 6.09 Å². The van der Waals surface area contributed by atoms with Gasteiger partial charge in [0.15, 0.2) is 5.82 Å². The lowest BCUT2D eigenvalue weighted by Crippen LogP contribution is -2.28. The predicted octanol–water partition coefficient (Wildman–Crippen LogP) is 5.45. The van der Waals surface area contributed by atoms with Crippen molar-refractivity contribution in [2.24, 2.45) is 0 Å². The molecule has 1 heterocycles. The van der Waals surface area contributed by atoms with Crippen LogP contribution >= 0.6 is 34.8 Å². The molecule has 0 spiro atoms. The van der Waals surface area contributed by atoms with Gasteiger partial charge in [-0.3, -0.25) is 4.79 Å². The first kappa shape index (κ1) is 19.2. The van der Waals surface area contributed by atoms with Crippen molar-refractivity contribution in [1.82, 2.24) is 9.78 Å². The van der Waals surface area contributed by atoms with E-state index < -0.39 is 6.09 Å². The zero-order valence-corrected chi connectivity index (χ0v) is 16.1. The maximum absolute atomic E-state index is 11.4. The summed E-state index contributed by atoms with van der Waals surface area (Å²) in [4.78, 5) is 23.2. The highest BCUT2D eigenvalue weighted by molar-refractivity contribution is 6.35. The number of anilines is 1. The Morgan fingerprint density at radius 1 is 1.11 bits per heavy atom. The second-order valence-corrected chi connectivity index (χ2v) is 6.85. The van der Waals surface area contributed by atoms with E-state index in [2.05, 4.69) is 5.10 Å². The molecule has 6 nitrogen and oxygen atoms in total. The van der Waals surface area contributed by atoms with E-state index in [-0.39, 0.29) is 12.2 Å². The summed E-state index contributed by atoms with van der Waals surface area (Å²) in [5.41, 5.74) is 2.26. The topological polar surface area (TPSA) is 75.4 Å². The van der Waals surface area contributed by atoms with E-state index in [0.29, 0.717) is 36.9 Å². The molecule has 3 aromatic rings. The molecule has 0 aliphatic rings. The third kappa shape index (κ3) is 3.64. The van der Waals surface area contributed by atoms with E-state index in [0.717, 1.165) is 5.56 Å². The van der Waals surface area contributed by atoms with Crippen molar-refractivity contribution >= 4 is 53.1 Å². The highest BCUT2D eigenvalue weighted by atomic mass is 35.5. The van der Waals surface area contributed by atoms with Gasteiger partial charge < -0.3 is 5.11 Å². The number of amides is 2. The molecule has 2 aromatic carbocycles. The van der Waals surface area contributed by atoms with E-state index in [4.69, 9.17) is 34.8 Å². The van der Waals surface area contributed by atoms with Crippen LogP contribution < -0.4 is 4.90 Å². The molecule has 0 atom stereocenters. The molecule has 2 amide bonds. The molecular formula is C18H12Cl3N3O3. The molecule has 9 heteroatoms. The number of rotatable bonds is 4. The van der Waals surface area contributed by atoms with Gasteiger partial charge in [0.05, 0.1) is 16.4 Å². The minimum absolute atomic E-state index is 0.0199. The van der Waals surface area contributed by atoms with Gasteiger partial charge in [0.2, 0.25) is 6.41 Å². The average Bonchev–Trinajstić information content (AvgIpc) is 2.93. The Morgan fingerprint density at radius 3 is 2.30 bits per heavy atom. The second kappa shape index (κ2) is 7.60. The molecule has 1 aromatic heterocycles. The van der Waals surface area contributed by atoms with Gasteiger partial charge in [-0.05, 0) is 37.3 Å². The average molecular weight is 425 g/mol. The molecule has 0 fully saturated rings. The molecule has 0 aliphatic carbocycles. The van der Waals surface area contributed by atoms with Gasteiger partial charge in [0, 0.05) is 21.2 Å². The van der Waals surface area contributed by atoms with Crippen LogP contribution in [0.1, 0.15) is 5.56 Å². The van der Waals surface area contributed by atoms with Crippen molar-refractivity contribution in [2.75, 3.05) is 4.90 Å². The second-order valence-electron chi connectivity index (χ2n) is 5.57. The molecule has 27 heavy (non-hydrogen) atoms. The molecular weight excluding hydrogens is 413 g/mol. The summed E-state index contributed by atoms with van der Waals surface area (Å²) in [5.74, 6) is -0.0199. The Hall–Kier alpha value is -2.54. The monoisotopic (exact) mass is 423 g/mol. The van der Waals surface area contributed by atoms with Gasteiger partial charge in [-0.25, -0.2) is 9.48 Å². The largest absolute Gasteiger partial charge is 0.464 e. The first-order valence-electron chi connectivity index (χ1n) is 7.62. The number of halogens is 3. The molecule has 0 saturated heterocycles. The highest BCUT2D eigenvalue weighted by Gasteiger charge is 2.25.